The largest absolute Gasteiger partial charge is 0.387 e. The maximum absolute atomic E-state index is 13.2. The number of sulfonamides is 1. The van der Waals surface area contributed by atoms with E-state index in [-0.39, 0.29) is 4.90 Å². The Bertz CT molecular complexity index is 1190. The van der Waals surface area contributed by atoms with Crippen LogP contribution in [0.5, 0.6) is 0 Å². The van der Waals surface area contributed by atoms with Crippen molar-refractivity contribution in [1.82, 2.24) is 8.75 Å². The van der Waals surface area contributed by atoms with Crippen molar-refractivity contribution in [2.24, 2.45) is 0 Å². The highest BCUT2D eigenvalue weighted by molar-refractivity contribution is 7.93. The molecule has 6 nitrogen and oxygen atoms in total. The molecule has 8 heteroatoms. The molecule has 0 unspecified atom stereocenters. The second-order valence-electron chi connectivity index (χ2n) is 5.46. The van der Waals surface area contributed by atoms with Crippen LogP contribution in [0.4, 0.5) is 11.4 Å². The molecule has 0 spiro atoms. The van der Waals surface area contributed by atoms with Gasteiger partial charge in [-0.2, -0.15) is 8.75 Å². The summed E-state index contributed by atoms with van der Waals surface area (Å²) in [6.45, 7) is 0. The van der Waals surface area contributed by atoms with Gasteiger partial charge in [-0.25, -0.2) is 8.42 Å². The zero-order chi connectivity index (χ0) is 17.4. The van der Waals surface area contributed by atoms with E-state index >= 15 is 0 Å². The highest BCUT2D eigenvalue weighted by atomic mass is 32.2. The van der Waals surface area contributed by atoms with Gasteiger partial charge in [0.15, 0.2) is 0 Å². The third-order valence-electron chi connectivity index (χ3n) is 3.95. The number of fused-ring (bicyclic) bond motifs is 2. The second-order valence-corrected chi connectivity index (χ2v) is 7.60. The van der Waals surface area contributed by atoms with E-state index in [4.69, 9.17) is 0 Å². The van der Waals surface area contributed by atoms with Crippen molar-refractivity contribution in [3.63, 3.8) is 0 Å². The first kappa shape index (κ1) is 15.8. The summed E-state index contributed by atoms with van der Waals surface area (Å²) < 4.78 is 37.3. The van der Waals surface area contributed by atoms with Crippen LogP contribution in [-0.2, 0) is 10.0 Å². The minimum absolute atomic E-state index is 0.216. The lowest BCUT2D eigenvalue weighted by Crippen LogP contribution is -2.15. The quantitative estimate of drug-likeness (QED) is 0.572. The van der Waals surface area contributed by atoms with Crippen molar-refractivity contribution in [1.29, 1.82) is 0 Å². The van der Waals surface area contributed by atoms with E-state index in [0.29, 0.717) is 27.8 Å². The first-order chi connectivity index (χ1) is 12.1. The number of anilines is 2. The van der Waals surface area contributed by atoms with Crippen molar-refractivity contribution in [2.45, 2.75) is 4.90 Å². The molecule has 0 fully saturated rings. The van der Waals surface area contributed by atoms with Crippen LogP contribution in [0, 0.1) is 0 Å². The lowest BCUT2D eigenvalue weighted by atomic mass is 10.1. The average Bonchev–Trinajstić information content (AvgIpc) is 3.10. The average molecular weight is 370 g/mol. The minimum Gasteiger partial charge on any atom is -0.387 e. The zero-order valence-corrected chi connectivity index (χ0v) is 14.9. The van der Waals surface area contributed by atoms with Gasteiger partial charge in [-0.05, 0) is 23.6 Å². The van der Waals surface area contributed by atoms with Crippen LogP contribution in [0.25, 0.3) is 21.8 Å². The zero-order valence-electron chi connectivity index (χ0n) is 13.2. The van der Waals surface area contributed by atoms with Gasteiger partial charge in [0.05, 0.1) is 23.1 Å². The van der Waals surface area contributed by atoms with Crippen LogP contribution < -0.4 is 10.0 Å². The van der Waals surface area contributed by atoms with Crippen LogP contribution in [0.3, 0.4) is 0 Å². The van der Waals surface area contributed by atoms with Gasteiger partial charge in [0.25, 0.3) is 10.0 Å². The molecule has 0 aliphatic carbocycles. The lowest BCUT2D eigenvalue weighted by Gasteiger charge is -2.15. The van der Waals surface area contributed by atoms with E-state index in [1.54, 1.807) is 37.4 Å². The van der Waals surface area contributed by atoms with Gasteiger partial charge >= 0.3 is 0 Å². The van der Waals surface area contributed by atoms with Crippen molar-refractivity contribution in [3.8, 4) is 0 Å². The van der Waals surface area contributed by atoms with E-state index in [0.717, 1.165) is 17.1 Å². The van der Waals surface area contributed by atoms with E-state index in [1.165, 1.54) is 0 Å². The maximum atomic E-state index is 13.2. The number of aromatic nitrogens is 2. The smallest absolute Gasteiger partial charge is 0.264 e. The van der Waals surface area contributed by atoms with Crippen LogP contribution >= 0.6 is 11.7 Å². The van der Waals surface area contributed by atoms with E-state index in [9.17, 15) is 8.42 Å². The van der Waals surface area contributed by atoms with Gasteiger partial charge < -0.3 is 5.32 Å². The summed E-state index contributed by atoms with van der Waals surface area (Å²) in [6, 6.07) is 16.3. The monoisotopic (exact) mass is 370 g/mol. The van der Waals surface area contributed by atoms with Gasteiger partial charge in [-0.1, -0.05) is 36.4 Å². The van der Waals surface area contributed by atoms with E-state index in [1.807, 2.05) is 24.3 Å². The summed E-state index contributed by atoms with van der Waals surface area (Å²) in [5.74, 6) is 0. The minimum atomic E-state index is -3.83. The van der Waals surface area contributed by atoms with Crippen LogP contribution in [0.1, 0.15) is 0 Å². The van der Waals surface area contributed by atoms with Crippen molar-refractivity contribution in [3.05, 3.63) is 54.6 Å². The number of hydrogen-bond donors (Lipinski definition) is 2. The Balaban J connectivity index is 1.91. The first-order valence-corrected chi connectivity index (χ1v) is 9.75. The number of nitrogens with zero attached hydrogens (tertiary/aromatic N) is 2. The molecule has 126 valence electrons. The first-order valence-electron chi connectivity index (χ1n) is 7.54. The van der Waals surface area contributed by atoms with Crippen LogP contribution in [0.15, 0.2) is 59.5 Å². The number of benzene rings is 3. The molecule has 0 aliphatic heterocycles. The van der Waals surface area contributed by atoms with Crippen molar-refractivity contribution in [2.75, 3.05) is 17.1 Å². The third-order valence-corrected chi connectivity index (χ3v) is 5.96. The number of rotatable bonds is 4. The van der Waals surface area contributed by atoms with Gasteiger partial charge in [0, 0.05) is 12.4 Å². The Morgan fingerprint density at radius 2 is 1.76 bits per heavy atom. The second kappa shape index (κ2) is 5.98. The number of nitrogens with one attached hydrogen (secondary N) is 2. The molecule has 3 aromatic carbocycles. The summed E-state index contributed by atoms with van der Waals surface area (Å²) in [7, 11) is -2.13. The van der Waals surface area contributed by atoms with Gasteiger partial charge in [-0.15, -0.1) is 0 Å². The SMILES string of the molecule is CNc1ccc2ccccc2c1S(=O)(=O)Nc1cccc2nsnc12. The molecule has 0 amide bonds. The Morgan fingerprint density at radius 3 is 2.60 bits per heavy atom. The normalized spacial score (nSPS) is 11.7. The molecule has 0 atom stereocenters. The van der Waals surface area contributed by atoms with Crippen molar-refractivity contribution >= 4 is 54.9 Å². The Labute approximate surface area is 148 Å². The highest BCUT2D eigenvalue weighted by Crippen LogP contribution is 2.32. The molecule has 0 radical (unpaired) electrons. The summed E-state index contributed by atoms with van der Waals surface area (Å²) in [6.07, 6.45) is 0. The summed E-state index contributed by atoms with van der Waals surface area (Å²) in [4.78, 5) is 0.216. The molecule has 4 rings (SSSR count). The molecule has 2 N–H and O–H groups in total. The highest BCUT2D eigenvalue weighted by Gasteiger charge is 2.23. The fourth-order valence-corrected chi connectivity index (χ4v) is 4.85. The molecule has 0 saturated carbocycles. The van der Waals surface area contributed by atoms with E-state index < -0.39 is 10.0 Å². The molecule has 4 aromatic rings. The predicted octanol–water partition coefficient (Wildman–Crippen LogP) is 3.69. The van der Waals surface area contributed by atoms with Gasteiger partial charge in [-0.3, -0.25) is 4.72 Å². The summed E-state index contributed by atoms with van der Waals surface area (Å²) in [5, 5.41) is 4.48. The molecular weight excluding hydrogens is 356 g/mol. The Kier molecular flexibility index (Phi) is 3.78. The fraction of sp³-hybridized carbons (Fsp3) is 0.0588. The topological polar surface area (TPSA) is 84.0 Å². The van der Waals surface area contributed by atoms with Gasteiger partial charge in [0.1, 0.15) is 15.9 Å². The lowest BCUT2D eigenvalue weighted by molar-refractivity contribution is 0.602. The van der Waals surface area contributed by atoms with E-state index in [2.05, 4.69) is 18.8 Å². The van der Waals surface area contributed by atoms with Crippen molar-refractivity contribution < 1.29 is 8.42 Å². The fourth-order valence-electron chi connectivity index (χ4n) is 2.81. The third kappa shape index (κ3) is 2.69. The Morgan fingerprint density at radius 1 is 0.920 bits per heavy atom. The summed E-state index contributed by atoms with van der Waals surface area (Å²) in [5.41, 5.74) is 2.16. The Hall–Kier alpha value is -2.71. The summed E-state index contributed by atoms with van der Waals surface area (Å²) >= 11 is 1.05. The molecule has 0 saturated heterocycles. The van der Waals surface area contributed by atoms with Crippen LogP contribution in [-0.4, -0.2) is 24.2 Å². The predicted molar refractivity (Wildman–Crippen MR) is 102 cm³/mol. The molecule has 1 aromatic heterocycles. The van der Waals surface area contributed by atoms with Gasteiger partial charge in [0.2, 0.25) is 0 Å². The standard InChI is InChI=1S/C17H14N4O2S2/c1-18-15-10-9-11-5-2-3-6-12(11)17(15)25(22,23)21-14-8-4-7-13-16(14)20-24-19-13/h2-10,18,21H,1H3. The molecule has 25 heavy (non-hydrogen) atoms. The number of hydrogen-bond acceptors (Lipinski definition) is 6. The maximum Gasteiger partial charge on any atom is 0.264 e. The molecule has 0 bridgehead atoms. The molecule has 0 aliphatic rings. The molecular formula is C17H14N4O2S2. The van der Waals surface area contributed by atoms with Crippen LogP contribution in [0.2, 0.25) is 0 Å². The molecule has 1 heterocycles.